The number of hydrogen-bond acceptors (Lipinski definition) is 8. The van der Waals surface area contributed by atoms with Gasteiger partial charge in [0.1, 0.15) is 18.6 Å². The van der Waals surface area contributed by atoms with E-state index in [1.807, 2.05) is 0 Å². The van der Waals surface area contributed by atoms with Crippen LogP contribution in [0.15, 0.2) is 24.5 Å². The van der Waals surface area contributed by atoms with E-state index in [9.17, 15) is 25.0 Å². The van der Waals surface area contributed by atoms with Crippen LogP contribution in [0, 0.1) is 27.2 Å². The number of aromatic nitrogens is 5. The van der Waals surface area contributed by atoms with Crippen LogP contribution in [-0.2, 0) is 17.9 Å². The molecule has 1 amide bonds. The van der Waals surface area contributed by atoms with E-state index in [1.54, 1.807) is 18.2 Å². The number of rotatable bonds is 7. The number of nitro groups is 2. The maximum Gasteiger partial charge on any atom is 0.468 e. The lowest BCUT2D eigenvalue weighted by atomic mass is 10.2. The number of nitrogens with one attached hydrogen (secondary N) is 1. The SMILES string of the molecule is Cc1c([N+](=O)[O-])c([N+](=O)[O-])nn1CC(=O)Nc1ncn(Cc2ccc(Cl)cc2Cl)n1. The number of anilines is 1. The Balaban J connectivity index is 1.70. The molecule has 1 aromatic carbocycles. The minimum atomic E-state index is -0.981. The summed E-state index contributed by atoms with van der Waals surface area (Å²) in [6.45, 7) is 1.03. The summed E-state index contributed by atoms with van der Waals surface area (Å²) in [6.07, 6.45) is 1.37. The molecule has 15 heteroatoms. The van der Waals surface area contributed by atoms with Crippen LogP contribution in [0.3, 0.4) is 0 Å². The summed E-state index contributed by atoms with van der Waals surface area (Å²) in [5.74, 6) is -1.64. The van der Waals surface area contributed by atoms with E-state index in [-0.39, 0.29) is 18.2 Å². The summed E-state index contributed by atoms with van der Waals surface area (Å²) in [4.78, 5) is 36.3. The zero-order chi connectivity index (χ0) is 22.0. The molecule has 3 rings (SSSR count). The van der Waals surface area contributed by atoms with Gasteiger partial charge in [0.25, 0.3) is 5.91 Å². The Hall–Kier alpha value is -3.58. The number of hydrogen-bond donors (Lipinski definition) is 1. The number of carbonyl (C=O) groups excluding carboxylic acids is 1. The van der Waals surface area contributed by atoms with Gasteiger partial charge in [-0.1, -0.05) is 29.3 Å². The second kappa shape index (κ2) is 8.42. The summed E-state index contributed by atoms with van der Waals surface area (Å²) in [7, 11) is 0. The second-order valence-electron chi connectivity index (χ2n) is 5.98. The number of benzene rings is 1. The normalized spacial score (nSPS) is 10.8. The first-order chi connectivity index (χ1) is 14.2. The molecule has 0 radical (unpaired) electrons. The van der Waals surface area contributed by atoms with Gasteiger partial charge in [-0.2, -0.15) is 4.68 Å². The van der Waals surface area contributed by atoms with Crippen molar-refractivity contribution in [1.29, 1.82) is 0 Å². The molecule has 0 aliphatic rings. The molecule has 2 heterocycles. The van der Waals surface area contributed by atoms with Crippen LogP contribution in [-0.4, -0.2) is 40.3 Å². The van der Waals surface area contributed by atoms with Crippen molar-refractivity contribution in [3.8, 4) is 0 Å². The molecule has 0 saturated heterocycles. The predicted molar refractivity (Wildman–Crippen MR) is 104 cm³/mol. The smallest absolute Gasteiger partial charge is 0.358 e. The third-order valence-electron chi connectivity index (χ3n) is 3.94. The van der Waals surface area contributed by atoms with Crippen LogP contribution in [0.25, 0.3) is 0 Å². The van der Waals surface area contributed by atoms with E-state index in [1.165, 1.54) is 17.9 Å². The Bertz CT molecular complexity index is 1160. The first kappa shape index (κ1) is 21.1. The van der Waals surface area contributed by atoms with Crippen molar-refractivity contribution in [3.05, 3.63) is 66.1 Å². The van der Waals surface area contributed by atoms with Crippen LogP contribution in [0.2, 0.25) is 10.0 Å². The highest BCUT2D eigenvalue weighted by Gasteiger charge is 2.35. The third-order valence-corrected chi connectivity index (χ3v) is 4.53. The van der Waals surface area contributed by atoms with Crippen molar-refractivity contribution >= 4 is 46.6 Å². The number of halogens is 2. The highest BCUT2D eigenvalue weighted by atomic mass is 35.5. The fourth-order valence-electron chi connectivity index (χ4n) is 2.56. The molecular weight excluding hydrogens is 443 g/mol. The molecule has 2 aromatic heterocycles. The highest BCUT2D eigenvalue weighted by molar-refractivity contribution is 6.35. The van der Waals surface area contributed by atoms with E-state index in [0.717, 1.165) is 10.2 Å². The molecule has 1 N–H and O–H groups in total. The molecule has 0 bridgehead atoms. The maximum atomic E-state index is 12.2. The lowest BCUT2D eigenvalue weighted by Crippen LogP contribution is -2.21. The first-order valence-corrected chi connectivity index (χ1v) is 8.90. The molecule has 0 spiro atoms. The van der Waals surface area contributed by atoms with Crippen LogP contribution in [0.4, 0.5) is 17.5 Å². The fraction of sp³-hybridized carbons (Fsp3) is 0.200. The van der Waals surface area contributed by atoms with Crippen LogP contribution < -0.4 is 5.32 Å². The Morgan fingerprint density at radius 1 is 1.20 bits per heavy atom. The summed E-state index contributed by atoms with van der Waals surface area (Å²) in [5, 5.41) is 32.9. The van der Waals surface area contributed by atoms with Gasteiger partial charge in [0.15, 0.2) is 0 Å². The van der Waals surface area contributed by atoms with Crippen LogP contribution >= 0.6 is 23.2 Å². The van der Waals surface area contributed by atoms with E-state index in [2.05, 4.69) is 20.5 Å². The van der Waals surface area contributed by atoms with E-state index < -0.39 is 33.8 Å². The van der Waals surface area contributed by atoms with Crippen molar-refractivity contribution in [2.75, 3.05) is 5.32 Å². The quantitative estimate of drug-likeness (QED) is 0.420. The summed E-state index contributed by atoms with van der Waals surface area (Å²) in [5.41, 5.74) is -0.164. The number of nitrogens with zero attached hydrogens (tertiary/aromatic N) is 7. The van der Waals surface area contributed by atoms with Crippen molar-refractivity contribution in [1.82, 2.24) is 24.5 Å². The van der Waals surface area contributed by atoms with E-state index >= 15 is 0 Å². The number of carbonyl (C=O) groups is 1. The molecule has 30 heavy (non-hydrogen) atoms. The Morgan fingerprint density at radius 3 is 2.53 bits per heavy atom. The first-order valence-electron chi connectivity index (χ1n) is 8.15. The molecule has 156 valence electrons. The summed E-state index contributed by atoms with van der Waals surface area (Å²) >= 11 is 12.0. The zero-order valence-electron chi connectivity index (χ0n) is 15.2. The van der Waals surface area contributed by atoms with E-state index in [4.69, 9.17) is 23.2 Å². The highest BCUT2D eigenvalue weighted by Crippen LogP contribution is 2.29. The molecule has 0 saturated carbocycles. The van der Waals surface area contributed by atoms with Crippen LogP contribution in [0.1, 0.15) is 11.3 Å². The van der Waals surface area contributed by atoms with Gasteiger partial charge in [-0.25, -0.2) is 9.67 Å². The van der Waals surface area contributed by atoms with Gasteiger partial charge < -0.3 is 10.1 Å². The molecule has 13 nitrogen and oxygen atoms in total. The molecule has 0 fully saturated rings. The van der Waals surface area contributed by atoms with Crippen molar-refractivity contribution < 1.29 is 14.6 Å². The predicted octanol–water partition coefficient (Wildman–Crippen LogP) is 2.59. The zero-order valence-corrected chi connectivity index (χ0v) is 16.7. The number of amides is 1. The molecule has 3 aromatic rings. The lowest BCUT2D eigenvalue weighted by molar-refractivity contribution is -0.424. The fourth-order valence-corrected chi connectivity index (χ4v) is 3.03. The average molecular weight is 455 g/mol. The van der Waals surface area contributed by atoms with Gasteiger partial charge in [0, 0.05) is 10.0 Å². The topological polar surface area (TPSA) is 164 Å². The van der Waals surface area contributed by atoms with Crippen molar-refractivity contribution in [3.63, 3.8) is 0 Å². The van der Waals surface area contributed by atoms with Gasteiger partial charge >= 0.3 is 11.5 Å². The van der Waals surface area contributed by atoms with Crippen molar-refractivity contribution in [2.24, 2.45) is 0 Å². The largest absolute Gasteiger partial charge is 0.468 e. The van der Waals surface area contributed by atoms with Crippen LogP contribution in [0.5, 0.6) is 0 Å². The van der Waals surface area contributed by atoms with Gasteiger partial charge in [-0.05, 0) is 29.5 Å². The minimum Gasteiger partial charge on any atom is -0.358 e. The minimum absolute atomic E-state index is 0.0288. The Kier molecular flexibility index (Phi) is 5.94. The lowest BCUT2D eigenvalue weighted by Gasteiger charge is -2.04. The second-order valence-corrected chi connectivity index (χ2v) is 6.82. The third kappa shape index (κ3) is 4.52. The monoisotopic (exact) mass is 454 g/mol. The van der Waals surface area contributed by atoms with E-state index in [0.29, 0.717) is 10.0 Å². The molecule has 0 aliphatic carbocycles. The molecule has 0 aliphatic heterocycles. The Labute approximate surface area is 177 Å². The molecule has 0 unspecified atom stereocenters. The van der Waals surface area contributed by atoms with Gasteiger partial charge in [0.05, 0.1) is 16.6 Å². The summed E-state index contributed by atoms with van der Waals surface area (Å²) < 4.78 is 2.30. The Morgan fingerprint density at radius 2 is 1.93 bits per heavy atom. The van der Waals surface area contributed by atoms with Gasteiger partial charge in [0.2, 0.25) is 5.95 Å². The van der Waals surface area contributed by atoms with Gasteiger partial charge in [-0.3, -0.25) is 20.2 Å². The van der Waals surface area contributed by atoms with Crippen molar-refractivity contribution in [2.45, 2.75) is 20.0 Å². The summed E-state index contributed by atoms with van der Waals surface area (Å²) in [6, 6.07) is 4.99. The van der Waals surface area contributed by atoms with Gasteiger partial charge in [-0.15, -0.1) is 5.10 Å². The standard InChI is InChI=1S/C15H12Cl2N8O5/c1-8-13(24(27)28)14(25(29)30)20-23(8)6-12(26)19-15-18-7-22(21-15)5-9-2-3-10(16)4-11(9)17/h2-4,7H,5-6H2,1H3,(H,19,21,26). The average Bonchev–Trinajstić information content (AvgIpc) is 3.22. The maximum absolute atomic E-state index is 12.2. The molecular formula is C15H12Cl2N8O5. The molecule has 0 atom stereocenters.